The molecule has 0 spiro atoms. The Morgan fingerprint density at radius 3 is 2.40 bits per heavy atom. The van der Waals surface area contributed by atoms with Crippen LogP contribution in [0.15, 0.2) is 53.4 Å². The van der Waals surface area contributed by atoms with Gasteiger partial charge in [0.25, 0.3) is 15.9 Å². The molecule has 0 saturated heterocycles. The van der Waals surface area contributed by atoms with Crippen molar-refractivity contribution < 1.29 is 17.6 Å². The number of carbonyl (C=O) groups excluding carboxylic acids is 1. The van der Waals surface area contributed by atoms with Crippen LogP contribution >= 0.6 is 0 Å². The van der Waals surface area contributed by atoms with E-state index in [1.807, 2.05) is 0 Å². The Kier molecular flexibility index (Phi) is 7.48. The van der Waals surface area contributed by atoms with Crippen molar-refractivity contribution in [3.63, 3.8) is 0 Å². The molecule has 3 rings (SSSR count). The van der Waals surface area contributed by atoms with Gasteiger partial charge in [-0.05, 0) is 54.8 Å². The zero-order chi connectivity index (χ0) is 21.6. The molecule has 1 fully saturated rings. The van der Waals surface area contributed by atoms with E-state index in [9.17, 15) is 17.6 Å². The summed E-state index contributed by atoms with van der Waals surface area (Å²) in [6.45, 7) is 0.593. The largest absolute Gasteiger partial charge is 0.352 e. The number of nitrogens with zero attached hydrogens (tertiary/aromatic N) is 1. The highest BCUT2D eigenvalue weighted by Gasteiger charge is 2.22. The van der Waals surface area contributed by atoms with E-state index in [4.69, 9.17) is 0 Å². The fraction of sp³-hybridized carbons (Fsp3) is 0.435. The monoisotopic (exact) mass is 432 g/mol. The molecule has 0 aromatic heterocycles. The Labute approximate surface area is 178 Å². The summed E-state index contributed by atoms with van der Waals surface area (Å²) in [6, 6.07) is 11.2. The highest BCUT2D eigenvalue weighted by atomic mass is 32.2. The zero-order valence-electron chi connectivity index (χ0n) is 17.3. The molecule has 1 saturated carbocycles. The molecule has 162 valence electrons. The third kappa shape index (κ3) is 5.59. The van der Waals surface area contributed by atoms with Crippen molar-refractivity contribution in [2.24, 2.45) is 5.92 Å². The number of sulfonamides is 1. The molecule has 1 aliphatic rings. The van der Waals surface area contributed by atoms with E-state index in [1.54, 1.807) is 12.1 Å². The summed E-state index contributed by atoms with van der Waals surface area (Å²) >= 11 is 0. The van der Waals surface area contributed by atoms with E-state index in [-0.39, 0.29) is 10.8 Å². The van der Waals surface area contributed by atoms with Crippen LogP contribution in [0, 0.1) is 11.7 Å². The van der Waals surface area contributed by atoms with Crippen LogP contribution in [0.25, 0.3) is 0 Å². The van der Waals surface area contributed by atoms with Crippen LogP contribution in [0.3, 0.4) is 0 Å². The molecule has 5 nitrogen and oxygen atoms in total. The first-order valence-electron chi connectivity index (χ1n) is 10.5. The molecule has 7 heteroatoms. The number of rotatable bonds is 7. The Hall–Kier alpha value is -2.41. The van der Waals surface area contributed by atoms with E-state index < -0.39 is 15.8 Å². The Balaban J connectivity index is 1.65. The van der Waals surface area contributed by atoms with Crippen molar-refractivity contribution >= 4 is 21.6 Å². The first kappa shape index (κ1) is 22.3. The van der Waals surface area contributed by atoms with Gasteiger partial charge in [-0.2, -0.15) is 0 Å². The Morgan fingerprint density at radius 1 is 1.07 bits per heavy atom. The molecule has 0 heterocycles. The smallest absolute Gasteiger partial charge is 0.264 e. The van der Waals surface area contributed by atoms with Gasteiger partial charge in [0.05, 0.1) is 10.6 Å². The van der Waals surface area contributed by atoms with Gasteiger partial charge in [0, 0.05) is 19.2 Å². The van der Waals surface area contributed by atoms with Crippen LogP contribution in [-0.4, -0.2) is 27.9 Å². The Bertz CT molecular complexity index is 953. The zero-order valence-corrected chi connectivity index (χ0v) is 18.1. The van der Waals surface area contributed by atoms with Crippen LogP contribution in [0.5, 0.6) is 0 Å². The SMILES string of the molecule is CN(c1ccc(F)cc1)S(=O)(=O)c1cccc(C(=O)NCCC2CCCCCC2)c1. The normalized spacial score (nSPS) is 15.4. The molecule has 1 amide bonds. The minimum Gasteiger partial charge on any atom is -0.352 e. The van der Waals surface area contributed by atoms with Crippen molar-refractivity contribution in [2.75, 3.05) is 17.9 Å². The summed E-state index contributed by atoms with van der Waals surface area (Å²) < 4.78 is 40.1. The van der Waals surface area contributed by atoms with Gasteiger partial charge in [-0.1, -0.05) is 44.6 Å². The number of nitrogens with one attached hydrogen (secondary N) is 1. The minimum atomic E-state index is -3.87. The summed E-state index contributed by atoms with van der Waals surface area (Å²) in [7, 11) is -2.47. The third-order valence-electron chi connectivity index (χ3n) is 5.76. The quantitative estimate of drug-likeness (QED) is 0.643. The van der Waals surface area contributed by atoms with Crippen LogP contribution in [-0.2, 0) is 10.0 Å². The first-order valence-corrected chi connectivity index (χ1v) is 11.9. The third-order valence-corrected chi connectivity index (χ3v) is 7.54. The molecule has 2 aromatic rings. The van der Waals surface area contributed by atoms with Crippen LogP contribution < -0.4 is 9.62 Å². The van der Waals surface area contributed by atoms with E-state index in [0.717, 1.165) is 10.7 Å². The van der Waals surface area contributed by atoms with Gasteiger partial charge in [0.1, 0.15) is 5.82 Å². The maximum absolute atomic E-state index is 13.1. The second kappa shape index (κ2) is 10.1. The summed E-state index contributed by atoms with van der Waals surface area (Å²) in [6.07, 6.45) is 8.53. The number of carbonyl (C=O) groups is 1. The summed E-state index contributed by atoms with van der Waals surface area (Å²) in [4.78, 5) is 12.6. The van der Waals surface area contributed by atoms with Crippen molar-refractivity contribution in [1.29, 1.82) is 0 Å². The lowest BCUT2D eigenvalue weighted by Gasteiger charge is -2.20. The van der Waals surface area contributed by atoms with Gasteiger partial charge in [-0.3, -0.25) is 9.10 Å². The predicted molar refractivity (Wildman–Crippen MR) is 117 cm³/mol. The average Bonchev–Trinajstić information content (AvgIpc) is 3.02. The maximum Gasteiger partial charge on any atom is 0.264 e. The molecule has 30 heavy (non-hydrogen) atoms. The van der Waals surface area contributed by atoms with Gasteiger partial charge in [-0.25, -0.2) is 12.8 Å². The fourth-order valence-electron chi connectivity index (χ4n) is 3.89. The topological polar surface area (TPSA) is 66.5 Å². The van der Waals surface area contributed by atoms with Crippen LogP contribution in [0.4, 0.5) is 10.1 Å². The van der Waals surface area contributed by atoms with Crippen molar-refractivity contribution in [3.8, 4) is 0 Å². The minimum absolute atomic E-state index is 0.0192. The lowest BCUT2D eigenvalue weighted by molar-refractivity contribution is 0.0950. The number of hydrogen-bond donors (Lipinski definition) is 1. The lowest BCUT2D eigenvalue weighted by atomic mass is 9.97. The molecule has 0 unspecified atom stereocenters. The molecule has 2 aromatic carbocycles. The van der Waals surface area contributed by atoms with E-state index >= 15 is 0 Å². The first-order chi connectivity index (χ1) is 14.4. The standard InChI is InChI=1S/C23H29FN2O3S/c1-26(21-13-11-20(24)12-14-21)30(28,29)22-10-6-9-19(17-22)23(27)25-16-15-18-7-4-2-3-5-8-18/h6,9-14,17-18H,2-5,7-8,15-16H2,1H3,(H,25,27). The van der Waals surface area contributed by atoms with Gasteiger partial charge in [0.15, 0.2) is 0 Å². The van der Waals surface area contributed by atoms with Gasteiger partial charge in [-0.15, -0.1) is 0 Å². The van der Waals surface area contributed by atoms with Crippen molar-refractivity contribution in [3.05, 3.63) is 59.9 Å². The Morgan fingerprint density at radius 2 is 1.73 bits per heavy atom. The van der Waals surface area contributed by atoms with Crippen LogP contribution in [0.2, 0.25) is 0 Å². The van der Waals surface area contributed by atoms with E-state index in [1.165, 1.54) is 82.0 Å². The second-order valence-electron chi connectivity index (χ2n) is 7.88. The molecule has 0 radical (unpaired) electrons. The molecular weight excluding hydrogens is 403 g/mol. The van der Waals surface area contributed by atoms with E-state index in [2.05, 4.69) is 5.32 Å². The predicted octanol–water partition coefficient (Wildman–Crippen LogP) is 4.74. The maximum atomic E-state index is 13.1. The van der Waals surface area contributed by atoms with Crippen molar-refractivity contribution in [1.82, 2.24) is 5.32 Å². The average molecular weight is 433 g/mol. The molecule has 0 bridgehead atoms. The van der Waals surface area contributed by atoms with Gasteiger partial charge >= 0.3 is 0 Å². The summed E-state index contributed by atoms with van der Waals surface area (Å²) in [5.74, 6) is -0.0546. The van der Waals surface area contributed by atoms with E-state index in [0.29, 0.717) is 23.7 Å². The number of anilines is 1. The molecule has 1 N–H and O–H groups in total. The molecule has 0 aliphatic heterocycles. The highest BCUT2D eigenvalue weighted by molar-refractivity contribution is 7.92. The van der Waals surface area contributed by atoms with Gasteiger partial charge in [0.2, 0.25) is 0 Å². The second-order valence-corrected chi connectivity index (χ2v) is 9.85. The summed E-state index contributed by atoms with van der Waals surface area (Å²) in [5.41, 5.74) is 0.652. The fourth-order valence-corrected chi connectivity index (χ4v) is 5.13. The number of halogens is 1. The highest BCUT2D eigenvalue weighted by Crippen LogP contribution is 2.25. The number of amides is 1. The molecule has 0 atom stereocenters. The number of benzene rings is 2. The van der Waals surface area contributed by atoms with Gasteiger partial charge < -0.3 is 5.32 Å². The van der Waals surface area contributed by atoms with Crippen LogP contribution in [0.1, 0.15) is 55.3 Å². The molecule has 1 aliphatic carbocycles. The number of hydrogen-bond acceptors (Lipinski definition) is 3. The lowest BCUT2D eigenvalue weighted by Crippen LogP contribution is -2.28. The summed E-state index contributed by atoms with van der Waals surface area (Å²) in [5, 5.41) is 2.92. The van der Waals surface area contributed by atoms with Crippen molar-refractivity contribution in [2.45, 2.75) is 49.8 Å². The molecular formula is C23H29FN2O3S.